The van der Waals surface area contributed by atoms with Crippen molar-refractivity contribution in [1.82, 2.24) is 0 Å². The molecule has 1 rings (SSSR count). The lowest BCUT2D eigenvalue weighted by atomic mass is 10.0. The average Bonchev–Trinajstić information content (AvgIpc) is 2.14. The second-order valence-corrected chi connectivity index (χ2v) is 3.82. The molecule has 0 aliphatic rings. The van der Waals surface area contributed by atoms with E-state index in [-0.39, 0.29) is 0 Å². The molecular formula is C12H20N2. The third-order valence-electron chi connectivity index (χ3n) is 2.54. The molecule has 0 bridgehead atoms. The summed E-state index contributed by atoms with van der Waals surface area (Å²) in [6, 6.07) is 4.43. The van der Waals surface area contributed by atoms with Crippen molar-refractivity contribution in [1.29, 1.82) is 0 Å². The highest BCUT2D eigenvalue weighted by Gasteiger charge is 2.00. The molecule has 0 fully saturated rings. The lowest BCUT2D eigenvalue weighted by Gasteiger charge is -2.11. The Bertz CT molecular complexity index is 305. The van der Waals surface area contributed by atoms with Crippen molar-refractivity contribution < 1.29 is 0 Å². The first-order valence-electron chi connectivity index (χ1n) is 5.17. The van der Waals surface area contributed by atoms with Gasteiger partial charge >= 0.3 is 0 Å². The Morgan fingerprint density at radius 1 is 1.07 bits per heavy atom. The zero-order chi connectivity index (χ0) is 10.6. The Labute approximate surface area is 86.5 Å². The van der Waals surface area contributed by atoms with Gasteiger partial charge in [-0.25, -0.2) is 0 Å². The molecule has 0 aliphatic heterocycles. The number of hydrogen-bond acceptors (Lipinski definition) is 2. The first-order valence-corrected chi connectivity index (χ1v) is 5.17. The summed E-state index contributed by atoms with van der Waals surface area (Å²) in [4.78, 5) is 0. The number of rotatable bonds is 4. The molecule has 0 saturated heterocycles. The number of anilines is 1. The molecule has 14 heavy (non-hydrogen) atoms. The number of benzene rings is 1. The summed E-state index contributed by atoms with van der Waals surface area (Å²) < 4.78 is 0. The van der Waals surface area contributed by atoms with E-state index in [1.54, 1.807) is 0 Å². The van der Waals surface area contributed by atoms with Crippen LogP contribution in [0.2, 0.25) is 0 Å². The number of hydrogen-bond donors (Lipinski definition) is 2. The molecule has 0 saturated carbocycles. The molecule has 3 N–H and O–H groups in total. The molecule has 0 aromatic heterocycles. The van der Waals surface area contributed by atoms with E-state index in [4.69, 9.17) is 5.73 Å². The second kappa shape index (κ2) is 5.01. The van der Waals surface area contributed by atoms with E-state index in [2.05, 4.69) is 38.2 Å². The van der Waals surface area contributed by atoms with Crippen molar-refractivity contribution in [2.75, 3.05) is 18.4 Å². The summed E-state index contributed by atoms with van der Waals surface area (Å²) >= 11 is 0. The van der Waals surface area contributed by atoms with Crippen LogP contribution >= 0.6 is 0 Å². The molecule has 78 valence electrons. The van der Waals surface area contributed by atoms with Crippen LogP contribution in [0.5, 0.6) is 0 Å². The fourth-order valence-electron chi connectivity index (χ4n) is 1.48. The molecule has 2 nitrogen and oxygen atoms in total. The van der Waals surface area contributed by atoms with E-state index in [0.29, 0.717) is 0 Å². The highest BCUT2D eigenvalue weighted by Crippen LogP contribution is 2.19. The quantitative estimate of drug-likeness (QED) is 0.719. The van der Waals surface area contributed by atoms with Crippen LogP contribution in [-0.4, -0.2) is 13.1 Å². The van der Waals surface area contributed by atoms with Crippen molar-refractivity contribution in [3.8, 4) is 0 Å². The third kappa shape index (κ3) is 2.74. The summed E-state index contributed by atoms with van der Waals surface area (Å²) in [5.41, 5.74) is 10.7. The van der Waals surface area contributed by atoms with Crippen LogP contribution < -0.4 is 11.1 Å². The summed E-state index contributed by atoms with van der Waals surface area (Å²) in [6.45, 7) is 8.13. The monoisotopic (exact) mass is 192 g/mol. The lowest BCUT2D eigenvalue weighted by molar-refractivity contribution is 0.873. The van der Waals surface area contributed by atoms with Gasteiger partial charge < -0.3 is 11.1 Å². The average molecular weight is 192 g/mol. The SMILES string of the molecule is Cc1cc(C)c(NCCCN)cc1C. The Morgan fingerprint density at radius 3 is 2.36 bits per heavy atom. The van der Waals surface area contributed by atoms with Gasteiger partial charge in [-0.15, -0.1) is 0 Å². The van der Waals surface area contributed by atoms with Gasteiger partial charge in [0.15, 0.2) is 0 Å². The van der Waals surface area contributed by atoms with Gasteiger partial charge in [-0.05, 0) is 56.5 Å². The maximum absolute atomic E-state index is 5.44. The Hall–Kier alpha value is -1.02. The first-order chi connectivity index (χ1) is 6.65. The molecule has 0 radical (unpaired) electrons. The maximum atomic E-state index is 5.44. The predicted molar refractivity (Wildman–Crippen MR) is 62.8 cm³/mol. The largest absolute Gasteiger partial charge is 0.385 e. The lowest BCUT2D eigenvalue weighted by Crippen LogP contribution is -2.09. The van der Waals surface area contributed by atoms with Gasteiger partial charge in [-0.3, -0.25) is 0 Å². The Kier molecular flexibility index (Phi) is 3.96. The molecule has 0 spiro atoms. The van der Waals surface area contributed by atoms with Gasteiger partial charge in [0.05, 0.1) is 0 Å². The van der Waals surface area contributed by atoms with Crippen LogP contribution in [0.15, 0.2) is 12.1 Å². The summed E-state index contributed by atoms with van der Waals surface area (Å²) in [7, 11) is 0. The molecule has 0 unspecified atom stereocenters. The molecule has 1 aromatic carbocycles. The fourth-order valence-corrected chi connectivity index (χ4v) is 1.48. The van der Waals surface area contributed by atoms with E-state index >= 15 is 0 Å². The van der Waals surface area contributed by atoms with Crippen LogP contribution in [0.4, 0.5) is 5.69 Å². The normalized spacial score (nSPS) is 10.3. The second-order valence-electron chi connectivity index (χ2n) is 3.82. The van der Waals surface area contributed by atoms with Crippen LogP contribution in [0.3, 0.4) is 0 Å². The minimum Gasteiger partial charge on any atom is -0.385 e. The number of nitrogens with one attached hydrogen (secondary N) is 1. The van der Waals surface area contributed by atoms with Crippen molar-refractivity contribution in [2.45, 2.75) is 27.2 Å². The van der Waals surface area contributed by atoms with Crippen molar-refractivity contribution in [2.24, 2.45) is 5.73 Å². The first kappa shape index (κ1) is 11.1. The minimum absolute atomic E-state index is 0.747. The van der Waals surface area contributed by atoms with Crippen LogP contribution in [0.1, 0.15) is 23.1 Å². The molecular weight excluding hydrogens is 172 g/mol. The Morgan fingerprint density at radius 2 is 1.71 bits per heavy atom. The van der Waals surface area contributed by atoms with Gasteiger partial charge in [-0.1, -0.05) is 6.07 Å². The molecule has 2 heteroatoms. The van der Waals surface area contributed by atoms with Crippen molar-refractivity contribution in [3.63, 3.8) is 0 Å². The highest BCUT2D eigenvalue weighted by atomic mass is 14.9. The number of nitrogens with two attached hydrogens (primary N) is 1. The predicted octanol–water partition coefficient (Wildman–Crippen LogP) is 2.37. The zero-order valence-electron chi connectivity index (χ0n) is 9.35. The van der Waals surface area contributed by atoms with Gasteiger partial charge in [-0.2, -0.15) is 0 Å². The minimum atomic E-state index is 0.747. The van der Waals surface area contributed by atoms with Crippen molar-refractivity contribution in [3.05, 3.63) is 28.8 Å². The molecule has 0 atom stereocenters. The van der Waals surface area contributed by atoms with Crippen LogP contribution in [-0.2, 0) is 0 Å². The van der Waals surface area contributed by atoms with Gasteiger partial charge in [0.2, 0.25) is 0 Å². The molecule has 0 heterocycles. The highest BCUT2D eigenvalue weighted by molar-refractivity contribution is 5.54. The maximum Gasteiger partial charge on any atom is 0.0372 e. The van der Waals surface area contributed by atoms with E-state index in [0.717, 1.165) is 19.5 Å². The van der Waals surface area contributed by atoms with E-state index in [9.17, 15) is 0 Å². The van der Waals surface area contributed by atoms with Gasteiger partial charge in [0, 0.05) is 12.2 Å². The topological polar surface area (TPSA) is 38.0 Å². The summed E-state index contributed by atoms with van der Waals surface area (Å²) in [6.07, 6.45) is 1.02. The summed E-state index contributed by atoms with van der Waals surface area (Å²) in [5, 5.41) is 3.40. The molecule has 0 aliphatic carbocycles. The van der Waals surface area contributed by atoms with E-state index < -0.39 is 0 Å². The number of aryl methyl sites for hydroxylation is 3. The smallest absolute Gasteiger partial charge is 0.0372 e. The summed E-state index contributed by atoms with van der Waals surface area (Å²) in [5.74, 6) is 0. The third-order valence-corrected chi connectivity index (χ3v) is 2.54. The van der Waals surface area contributed by atoms with Gasteiger partial charge in [0.1, 0.15) is 0 Å². The zero-order valence-corrected chi connectivity index (χ0v) is 9.35. The van der Waals surface area contributed by atoms with Crippen LogP contribution in [0.25, 0.3) is 0 Å². The van der Waals surface area contributed by atoms with Crippen molar-refractivity contribution >= 4 is 5.69 Å². The molecule has 1 aromatic rings. The Balaban J connectivity index is 2.72. The molecule has 0 amide bonds. The van der Waals surface area contributed by atoms with E-state index in [1.807, 2.05) is 0 Å². The van der Waals surface area contributed by atoms with E-state index in [1.165, 1.54) is 22.4 Å². The fraction of sp³-hybridized carbons (Fsp3) is 0.500. The van der Waals surface area contributed by atoms with Gasteiger partial charge in [0.25, 0.3) is 0 Å². The van der Waals surface area contributed by atoms with Crippen LogP contribution in [0, 0.1) is 20.8 Å². The standard InChI is InChI=1S/C12H20N2/c1-9-7-11(3)12(8-10(9)2)14-6-4-5-13/h7-8,14H,4-6,13H2,1-3H3.